The number of methoxy groups -OCH3 is 1. The third kappa shape index (κ3) is 5.46. The number of rotatable bonds is 7. The smallest absolute Gasteiger partial charge is 0.325 e. The van der Waals surface area contributed by atoms with Crippen LogP contribution in [0.15, 0.2) is 52.9 Å². The van der Waals surface area contributed by atoms with Crippen molar-refractivity contribution < 1.29 is 23.5 Å². The van der Waals surface area contributed by atoms with E-state index in [2.05, 4.69) is 22.3 Å². The van der Waals surface area contributed by atoms with Crippen LogP contribution in [-0.4, -0.2) is 68.2 Å². The first-order valence-corrected chi connectivity index (χ1v) is 11.1. The Hall–Kier alpha value is -3.52. The first-order valence-electron chi connectivity index (χ1n) is 11.1. The minimum absolute atomic E-state index is 0.108. The van der Waals surface area contributed by atoms with Crippen molar-refractivity contribution in [1.82, 2.24) is 15.1 Å². The molecule has 0 unspecified atom stereocenters. The minimum Gasteiger partial charge on any atom is -0.496 e. The average molecular weight is 452 g/mol. The average Bonchev–Trinajstić information content (AvgIpc) is 3.24. The monoisotopic (exact) mass is 451 g/mol. The molecule has 0 atom stereocenters. The molecule has 1 N–H and O–H groups in total. The highest BCUT2D eigenvalue weighted by Crippen LogP contribution is 2.32. The van der Waals surface area contributed by atoms with Crippen LogP contribution in [-0.2, 0) is 16.1 Å². The molecule has 1 fully saturated rings. The lowest BCUT2D eigenvalue weighted by Crippen LogP contribution is -2.52. The van der Waals surface area contributed by atoms with Crippen molar-refractivity contribution in [3.8, 4) is 16.9 Å². The van der Waals surface area contributed by atoms with Gasteiger partial charge in [-0.15, -0.1) is 0 Å². The molecule has 2 amide bonds. The summed E-state index contributed by atoms with van der Waals surface area (Å²) in [6.45, 7) is 5.25. The van der Waals surface area contributed by atoms with Crippen LogP contribution in [0.1, 0.15) is 12.7 Å². The van der Waals surface area contributed by atoms with Crippen LogP contribution in [0.2, 0.25) is 0 Å². The zero-order chi connectivity index (χ0) is 23.2. The number of carbonyl (C=O) groups is 2. The number of nitrogens with zero attached hydrogens (tertiary/aromatic N) is 2. The molecule has 0 aliphatic carbocycles. The number of nitrogens with one attached hydrogen (secondary N) is 1. The fourth-order valence-electron chi connectivity index (χ4n) is 4.03. The third-order valence-electron chi connectivity index (χ3n) is 5.71. The van der Waals surface area contributed by atoms with Crippen molar-refractivity contribution in [3.05, 3.63) is 54.3 Å². The Balaban J connectivity index is 1.34. The molecule has 8 nitrogen and oxygen atoms in total. The summed E-state index contributed by atoms with van der Waals surface area (Å²) in [7, 11) is 1.68. The normalized spacial score (nSPS) is 14.3. The molecule has 33 heavy (non-hydrogen) atoms. The van der Waals surface area contributed by atoms with Gasteiger partial charge in [-0.25, -0.2) is 4.79 Å². The molecule has 1 aliphatic heterocycles. The molecule has 3 aromatic rings. The van der Waals surface area contributed by atoms with E-state index in [0.717, 1.165) is 46.7 Å². The highest BCUT2D eigenvalue weighted by molar-refractivity contribution is 5.85. The van der Waals surface area contributed by atoms with Crippen molar-refractivity contribution in [2.24, 2.45) is 0 Å². The summed E-state index contributed by atoms with van der Waals surface area (Å²) in [5, 5.41) is 3.66. The zero-order valence-corrected chi connectivity index (χ0v) is 19.0. The number of piperazine rings is 1. The van der Waals surface area contributed by atoms with Gasteiger partial charge in [-0.2, -0.15) is 0 Å². The number of hydrogen-bond donors (Lipinski definition) is 1. The second-order valence-corrected chi connectivity index (χ2v) is 7.89. The van der Waals surface area contributed by atoms with Crippen LogP contribution >= 0.6 is 0 Å². The molecule has 4 rings (SSSR count). The molecule has 1 aliphatic rings. The number of furan rings is 1. The molecule has 8 heteroatoms. The van der Waals surface area contributed by atoms with Crippen molar-refractivity contribution in [3.63, 3.8) is 0 Å². The summed E-state index contributed by atoms with van der Waals surface area (Å²) in [4.78, 5) is 27.6. The predicted molar refractivity (Wildman–Crippen MR) is 125 cm³/mol. The summed E-state index contributed by atoms with van der Waals surface area (Å²) in [5.74, 6) is 1.30. The van der Waals surface area contributed by atoms with Gasteiger partial charge in [0.05, 0.1) is 20.3 Å². The number of amides is 2. The number of hydrogen-bond acceptors (Lipinski definition) is 6. The van der Waals surface area contributed by atoms with Gasteiger partial charge in [-0.1, -0.05) is 24.3 Å². The number of benzene rings is 2. The molecule has 174 valence electrons. The predicted octanol–water partition coefficient (Wildman–Crippen LogP) is 3.50. The number of esters is 1. The molecule has 0 saturated carbocycles. The molecule has 2 aromatic carbocycles. The molecule has 0 spiro atoms. The maximum atomic E-state index is 12.2. The molecular formula is C25H29N3O5. The van der Waals surface area contributed by atoms with E-state index in [-0.39, 0.29) is 12.6 Å². The van der Waals surface area contributed by atoms with Crippen LogP contribution in [0.4, 0.5) is 4.79 Å². The van der Waals surface area contributed by atoms with E-state index in [1.165, 1.54) is 0 Å². The quantitative estimate of drug-likeness (QED) is 0.554. The molecule has 0 radical (unpaired) electrons. The fourth-order valence-corrected chi connectivity index (χ4v) is 4.03. The number of urea groups is 1. The maximum absolute atomic E-state index is 12.2. The highest BCUT2D eigenvalue weighted by atomic mass is 16.5. The Kier molecular flexibility index (Phi) is 7.14. The van der Waals surface area contributed by atoms with E-state index in [1.807, 2.05) is 36.4 Å². The molecule has 2 heterocycles. The molecule has 1 saturated heterocycles. The Labute approximate surface area is 193 Å². The Morgan fingerprint density at radius 1 is 1.06 bits per heavy atom. The standard InChI is InChI=1S/C25H29N3O5/c1-3-32-24(29)16-26-25(30)28-12-10-27(11-13-28)17-20-15-19-14-18(8-9-22(19)33-20)21-6-4-5-7-23(21)31-2/h4-9,14-15H,3,10-13,16-17H2,1-2H3,(H,26,30). The minimum atomic E-state index is -0.428. The first kappa shape index (κ1) is 22.7. The molecule has 0 bridgehead atoms. The van der Waals surface area contributed by atoms with Gasteiger partial charge in [-0.05, 0) is 36.8 Å². The van der Waals surface area contributed by atoms with E-state index in [0.29, 0.717) is 26.2 Å². The second-order valence-electron chi connectivity index (χ2n) is 7.89. The molecule has 1 aromatic heterocycles. The van der Waals surface area contributed by atoms with Gasteiger partial charge in [-0.3, -0.25) is 9.69 Å². The van der Waals surface area contributed by atoms with E-state index < -0.39 is 5.97 Å². The number of carbonyl (C=O) groups excluding carboxylic acids is 2. The SMILES string of the molecule is CCOC(=O)CNC(=O)N1CCN(Cc2cc3cc(-c4ccccc4OC)ccc3o2)CC1. The van der Waals surface area contributed by atoms with Gasteiger partial charge in [0.1, 0.15) is 23.6 Å². The zero-order valence-electron chi connectivity index (χ0n) is 19.0. The summed E-state index contributed by atoms with van der Waals surface area (Å²) in [6, 6.07) is 15.9. The van der Waals surface area contributed by atoms with E-state index in [4.69, 9.17) is 13.9 Å². The largest absolute Gasteiger partial charge is 0.496 e. The summed E-state index contributed by atoms with van der Waals surface area (Å²) in [6.07, 6.45) is 0. The van der Waals surface area contributed by atoms with Gasteiger partial charge < -0.3 is 24.1 Å². The number of para-hydroxylation sites is 1. The number of fused-ring (bicyclic) bond motifs is 1. The van der Waals surface area contributed by atoms with Crippen LogP contribution in [0, 0.1) is 0 Å². The van der Waals surface area contributed by atoms with E-state index in [9.17, 15) is 9.59 Å². The van der Waals surface area contributed by atoms with Crippen molar-refractivity contribution in [2.75, 3.05) is 46.4 Å². The van der Waals surface area contributed by atoms with Crippen LogP contribution in [0.3, 0.4) is 0 Å². The van der Waals surface area contributed by atoms with Crippen molar-refractivity contribution >= 4 is 23.0 Å². The lowest BCUT2D eigenvalue weighted by atomic mass is 10.0. The van der Waals surface area contributed by atoms with Gasteiger partial charge >= 0.3 is 12.0 Å². The van der Waals surface area contributed by atoms with Gasteiger partial charge in [0.15, 0.2) is 0 Å². The highest BCUT2D eigenvalue weighted by Gasteiger charge is 2.22. The Bertz CT molecular complexity index is 1120. The van der Waals surface area contributed by atoms with E-state index in [1.54, 1.807) is 18.9 Å². The fraction of sp³-hybridized carbons (Fsp3) is 0.360. The topological polar surface area (TPSA) is 84.2 Å². The van der Waals surface area contributed by atoms with Gasteiger partial charge in [0, 0.05) is 37.1 Å². The molecular weight excluding hydrogens is 422 g/mol. The summed E-state index contributed by atoms with van der Waals surface area (Å²) < 4.78 is 16.4. The van der Waals surface area contributed by atoms with Gasteiger partial charge in [0.25, 0.3) is 0 Å². The third-order valence-corrected chi connectivity index (χ3v) is 5.71. The van der Waals surface area contributed by atoms with Crippen molar-refractivity contribution in [2.45, 2.75) is 13.5 Å². The lowest BCUT2D eigenvalue weighted by molar-refractivity contribution is -0.141. The Morgan fingerprint density at radius 3 is 2.61 bits per heavy atom. The van der Waals surface area contributed by atoms with Crippen LogP contribution < -0.4 is 10.1 Å². The van der Waals surface area contributed by atoms with Crippen molar-refractivity contribution in [1.29, 1.82) is 0 Å². The lowest BCUT2D eigenvalue weighted by Gasteiger charge is -2.34. The van der Waals surface area contributed by atoms with Gasteiger partial charge in [0.2, 0.25) is 0 Å². The summed E-state index contributed by atoms with van der Waals surface area (Å²) in [5.41, 5.74) is 2.97. The maximum Gasteiger partial charge on any atom is 0.325 e. The van der Waals surface area contributed by atoms with E-state index >= 15 is 0 Å². The summed E-state index contributed by atoms with van der Waals surface area (Å²) >= 11 is 0. The van der Waals surface area contributed by atoms with Crippen LogP contribution in [0.25, 0.3) is 22.1 Å². The Morgan fingerprint density at radius 2 is 1.85 bits per heavy atom. The first-order chi connectivity index (χ1) is 16.1. The van der Waals surface area contributed by atoms with Crippen LogP contribution in [0.5, 0.6) is 5.75 Å². The second kappa shape index (κ2) is 10.4. The number of ether oxygens (including phenoxy) is 2.